The lowest BCUT2D eigenvalue weighted by Gasteiger charge is -2.12. The maximum Gasteiger partial charge on any atom is 0.164 e. The summed E-state index contributed by atoms with van der Waals surface area (Å²) >= 11 is 0. The highest BCUT2D eigenvalue weighted by Gasteiger charge is 2.19. The lowest BCUT2D eigenvalue weighted by atomic mass is 9.99. The standard InChI is InChI=1S/C51H30N4O2/c1-3-13-31(14-4-1)35-17-7-8-20-40(35)51-53-49(32-15-5-2-6-16-32)52-50(54-51)33-23-25-38-41-29-48-42(30-47(41)56-45(38)27-33)39-26-24-34(28-46(39)57-48)55-43-21-11-9-18-36(43)37-19-10-12-22-44(37)55/h1-30H. The molecule has 0 N–H and O–H groups in total. The van der Waals surface area contributed by atoms with Gasteiger partial charge < -0.3 is 13.4 Å². The zero-order valence-electron chi connectivity index (χ0n) is 30.4. The molecule has 4 heterocycles. The zero-order chi connectivity index (χ0) is 37.5. The molecule has 266 valence electrons. The van der Waals surface area contributed by atoms with Crippen molar-refractivity contribution in [2.45, 2.75) is 0 Å². The first-order chi connectivity index (χ1) is 28.2. The number of hydrogen-bond donors (Lipinski definition) is 0. The molecule has 0 amide bonds. The summed E-state index contributed by atoms with van der Waals surface area (Å²) in [5, 5.41) is 6.50. The van der Waals surface area contributed by atoms with Crippen molar-refractivity contribution in [1.82, 2.24) is 19.5 Å². The summed E-state index contributed by atoms with van der Waals surface area (Å²) in [5.41, 5.74) is 11.4. The van der Waals surface area contributed by atoms with Gasteiger partial charge in [0.1, 0.15) is 22.3 Å². The number of hydrogen-bond acceptors (Lipinski definition) is 5. The second-order valence-corrected chi connectivity index (χ2v) is 14.4. The maximum absolute atomic E-state index is 6.61. The predicted molar refractivity (Wildman–Crippen MR) is 230 cm³/mol. The van der Waals surface area contributed by atoms with E-state index >= 15 is 0 Å². The van der Waals surface area contributed by atoms with E-state index in [2.05, 4.69) is 120 Å². The van der Waals surface area contributed by atoms with Gasteiger partial charge in [-0.05, 0) is 59.7 Å². The average Bonchev–Trinajstić information content (AvgIpc) is 3.94. The van der Waals surface area contributed by atoms with E-state index in [0.717, 1.165) is 77.4 Å². The Labute approximate surface area is 325 Å². The van der Waals surface area contributed by atoms with Crippen LogP contribution in [0.3, 0.4) is 0 Å². The summed E-state index contributed by atoms with van der Waals surface area (Å²) in [6, 6.07) is 62.6. The Balaban J connectivity index is 0.977. The van der Waals surface area contributed by atoms with Gasteiger partial charge in [0.05, 0.1) is 11.0 Å². The Morgan fingerprint density at radius 2 is 0.807 bits per heavy atom. The molecule has 6 heteroatoms. The summed E-state index contributed by atoms with van der Waals surface area (Å²) in [5.74, 6) is 1.79. The molecule has 4 aromatic heterocycles. The minimum atomic E-state index is 0.572. The molecule has 0 aliphatic carbocycles. The third-order valence-corrected chi connectivity index (χ3v) is 11.1. The molecule has 12 rings (SSSR count). The van der Waals surface area contributed by atoms with Gasteiger partial charge >= 0.3 is 0 Å². The highest BCUT2D eigenvalue weighted by molar-refractivity contribution is 6.15. The van der Waals surface area contributed by atoms with Gasteiger partial charge in [0.2, 0.25) is 0 Å². The SMILES string of the molecule is c1ccc(-c2nc(-c3ccc4c(c3)oc3cc5c(cc34)oc3cc(-n4c6ccccc6c6ccccc64)ccc35)nc(-c3ccccc3-c3ccccc3)n2)cc1. The van der Waals surface area contributed by atoms with Crippen LogP contribution in [0, 0.1) is 0 Å². The van der Waals surface area contributed by atoms with Gasteiger partial charge in [-0.3, -0.25) is 0 Å². The molecule has 0 aliphatic rings. The fraction of sp³-hybridized carbons (Fsp3) is 0. The number of furan rings is 2. The van der Waals surface area contributed by atoms with Crippen molar-refractivity contribution in [3.63, 3.8) is 0 Å². The van der Waals surface area contributed by atoms with E-state index in [9.17, 15) is 0 Å². The largest absolute Gasteiger partial charge is 0.456 e. The zero-order valence-corrected chi connectivity index (χ0v) is 30.4. The minimum absolute atomic E-state index is 0.572. The first-order valence-electron chi connectivity index (χ1n) is 19.0. The van der Waals surface area contributed by atoms with Crippen LogP contribution in [0.4, 0.5) is 0 Å². The monoisotopic (exact) mass is 730 g/mol. The summed E-state index contributed by atoms with van der Waals surface area (Å²) in [7, 11) is 0. The lowest BCUT2D eigenvalue weighted by molar-refractivity contribution is 0.664. The number of rotatable bonds is 5. The van der Waals surface area contributed by atoms with Crippen molar-refractivity contribution in [3.05, 3.63) is 182 Å². The van der Waals surface area contributed by atoms with Crippen molar-refractivity contribution in [2.75, 3.05) is 0 Å². The molecule has 0 aliphatic heterocycles. The molecule has 0 saturated heterocycles. The highest BCUT2D eigenvalue weighted by Crippen LogP contribution is 2.40. The first kappa shape index (κ1) is 31.5. The van der Waals surface area contributed by atoms with E-state index in [-0.39, 0.29) is 0 Å². The van der Waals surface area contributed by atoms with Crippen LogP contribution in [0.15, 0.2) is 191 Å². The van der Waals surface area contributed by atoms with Crippen LogP contribution in [-0.2, 0) is 0 Å². The van der Waals surface area contributed by atoms with E-state index < -0.39 is 0 Å². The van der Waals surface area contributed by atoms with Crippen LogP contribution < -0.4 is 0 Å². The lowest BCUT2D eigenvalue weighted by Crippen LogP contribution is -2.01. The quantitative estimate of drug-likeness (QED) is 0.176. The Morgan fingerprint density at radius 3 is 1.47 bits per heavy atom. The molecule has 6 nitrogen and oxygen atoms in total. The Kier molecular flexibility index (Phi) is 6.83. The van der Waals surface area contributed by atoms with Gasteiger partial charge in [-0.15, -0.1) is 0 Å². The van der Waals surface area contributed by atoms with Gasteiger partial charge in [-0.2, -0.15) is 0 Å². The van der Waals surface area contributed by atoms with Gasteiger partial charge in [0.15, 0.2) is 17.5 Å². The summed E-state index contributed by atoms with van der Waals surface area (Å²) in [4.78, 5) is 15.1. The fourth-order valence-corrected chi connectivity index (χ4v) is 8.40. The normalized spacial score (nSPS) is 11.9. The number of para-hydroxylation sites is 2. The maximum atomic E-state index is 6.61. The van der Waals surface area contributed by atoms with Crippen molar-refractivity contribution < 1.29 is 8.83 Å². The third kappa shape index (κ3) is 5.01. The number of fused-ring (bicyclic) bond motifs is 9. The topological polar surface area (TPSA) is 69.9 Å². The van der Waals surface area contributed by atoms with Crippen LogP contribution in [-0.4, -0.2) is 19.5 Å². The molecular weight excluding hydrogens is 701 g/mol. The van der Waals surface area contributed by atoms with Gasteiger partial charge in [-0.1, -0.05) is 127 Å². The summed E-state index contributed by atoms with van der Waals surface area (Å²) in [6.07, 6.45) is 0. The number of aromatic nitrogens is 4. The molecule has 0 fully saturated rings. The van der Waals surface area contributed by atoms with Gasteiger partial charge in [-0.25, -0.2) is 15.0 Å². The second kappa shape index (κ2) is 12.3. The summed E-state index contributed by atoms with van der Waals surface area (Å²) < 4.78 is 15.5. The molecule has 0 atom stereocenters. The van der Waals surface area contributed by atoms with E-state index in [1.807, 2.05) is 66.7 Å². The predicted octanol–water partition coefficient (Wildman–Crippen LogP) is 13.4. The minimum Gasteiger partial charge on any atom is -0.456 e. The molecule has 12 aromatic rings. The van der Waals surface area contributed by atoms with Crippen molar-refractivity contribution in [3.8, 4) is 51.0 Å². The molecule has 0 bridgehead atoms. The Hall–Kier alpha value is -7.83. The third-order valence-electron chi connectivity index (χ3n) is 11.1. The van der Waals surface area contributed by atoms with Gasteiger partial charge in [0.25, 0.3) is 0 Å². The van der Waals surface area contributed by atoms with Crippen LogP contribution >= 0.6 is 0 Å². The number of nitrogens with zero attached hydrogens (tertiary/aromatic N) is 4. The van der Waals surface area contributed by atoms with E-state index in [1.165, 1.54) is 21.8 Å². The molecule has 0 radical (unpaired) electrons. The molecule has 8 aromatic carbocycles. The number of benzene rings is 8. The fourth-order valence-electron chi connectivity index (χ4n) is 8.40. The van der Waals surface area contributed by atoms with Crippen LogP contribution in [0.2, 0.25) is 0 Å². The van der Waals surface area contributed by atoms with E-state index in [4.69, 9.17) is 23.8 Å². The van der Waals surface area contributed by atoms with Crippen LogP contribution in [0.5, 0.6) is 0 Å². The van der Waals surface area contributed by atoms with E-state index in [1.54, 1.807) is 0 Å². The molecule has 0 spiro atoms. The average molecular weight is 731 g/mol. The highest BCUT2D eigenvalue weighted by atomic mass is 16.3. The van der Waals surface area contributed by atoms with Crippen molar-refractivity contribution in [2.24, 2.45) is 0 Å². The summed E-state index contributed by atoms with van der Waals surface area (Å²) in [6.45, 7) is 0. The second-order valence-electron chi connectivity index (χ2n) is 14.4. The van der Waals surface area contributed by atoms with Crippen molar-refractivity contribution in [1.29, 1.82) is 0 Å². The molecule has 0 unspecified atom stereocenters. The molecule has 57 heavy (non-hydrogen) atoms. The van der Waals surface area contributed by atoms with E-state index in [0.29, 0.717) is 17.5 Å². The van der Waals surface area contributed by atoms with Crippen LogP contribution in [0.1, 0.15) is 0 Å². The van der Waals surface area contributed by atoms with Crippen molar-refractivity contribution >= 4 is 65.7 Å². The Bertz CT molecular complexity index is 3470. The van der Waals surface area contributed by atoms with Gasteiger partial charge in [0, 0.05) is 60.8 Å². The Morgan fingerprint density at radius 1 is 0.316 bits per heavy atom. The smallest absolute Gasteiger partial charge is 0.164 e. The molecular formula is C51H30N4O2. The van der Waals surface area contributed by atoms with Crippen LogP contribution in [0.25, 0.3) is 117 Å². The first-order valence-corrected chi connectivity index (χ1v) is 19.0. The molecule has 0 saturated carbocycles.